The summed E-state index contributed by atoms with van der Waals surface area (Å²) in [5, 5.41) is 2.71. The average molecular weight is 492 g/mol. The van der Waals surface area contributed by atoms with Crippen molar-refractivity contribution in [1.82, 2.24) is 4.31 Å². The number of nitrogens with zero attached hydrogens (tertiary/aromatic N) is 2. The third-order valence-corrected chi connectivity index (χ3v) is 7.34. The maximum atomic E-state index is 13.1. The van der Waals surface area contributed by atoms with Crippen molar-refractivity contribution < 1.29 is 37.0 Å². The largest absolute Gasteiger partial charge is 0.493 e. The Labute approximate surface area is 197 Å². The minimum atomic E-state index is -3.79. The van der Waals surface area contributed by atoms with Crippen LogP contribution in [-0.2, 0) is 24.3 Å². The topological polar surface area (TPSA) is 124 Å². The third-order valence-electron chi connectivity index (χ3n) is 5.45. The molecule has 12 heteroatoms. The van der Waals surface area contributed by atoms with E-state index >= 15 is 0 Å². The van der Waals surface area contributed by atoms with Crippen LogP contribution in [0.15, 0.2) is 41.3 Å². The number of carbonyl (C=O) groups excluding carboxylic acids is 2. The highest BCUT2D eigenvalue weighted by molar-refractivity contribution is 7.89. The Morgan fingerprint density at radius 1 is 1.06 bits per heavy atom. The quantitative estimate of drug-likeness (QED) is 0.611. The minimum Gasteiger partial charge on any atom is -0.493 e. The molecule has 0 spiro atoms. The van der Waals surface area contributed by atoms with Gasteiger partial charge in [-0.3, -0.25) is 14.5 Å². The van der Waals surface area contributed by atoms with E-state index in [-0.39, 0.29) is 36.8 Å². The van der Waals surface area contributed by atoms with Gasteiger partial charge in [-0.1, -0.05) is 0 Å². The van der Waals surface area contributed by atoms with Crippen LogP contribution in [-0.4, -0.2) is 78.2 Å². The number of rotatable bonds is 7. The summed E-state index contributed by atoms with van der Waals surface area (Å²) >= 11 is 0. The smallest absolute Gasteiger partial charge is 0.265 e. The van der Waals surface area contributed by atoms with Crippen LogP contribution in [0.25, 0.3) is 0 Å². The first-order valence-corrected chi connectivity index (χ1v) is 11.9. The highest BCUT2D eigenvalue weighted by atomic mass is 32.2. The molecule has 1 fully saturated rings. The van der Waals surface area contributed by atoms with Gasteiger partial charge in [0.2, 0.25) is 15.9 Å². The predicted molar refractivity (Wildman–Crippen MR) is 122 cm³/mol. The number of benzene rings is 2. The Hall–Kier alpha value is -3.35. The van der Waals surface area contributed by atoms with E-state index in [9.17, 15) is 18.0 Å². The normalized spacial score (nSPS) is 16.4. The van der Waals surface area contributed by atoms with Crippen LogP contribution in [0.3, 0.4) is 0 Å². The molecule has 2 aliphatic heterocycles. The summed E-state index contributed by atoms with van der Waals surface area (Å²) in [6, 6.07) is 9.17. The van der Waals surface area contributed by atoms with Gasteiger partial charge in [0.05, 0.1) is 38.0 Å². The van der Waals surface area contributed by atoms with Crippen LogP contribution in [0.4, 0.5) is 11.4 Å². The zero-order valence-electron chi connectivity index (χ0n) is 18.8. The van der Waals surface area contributed by atoms with E-state index in [0.717, 1.165) is 0 Å². The number of hydrogen-bond acceptors (Lipinski definition) is 8. The molecule has 2 aliphatic rings. The summed E-state index contributed by atoms with van der Waals surface area (Å²) in [5.74, 6) is 0.322. The van der Waals surface area contributed by atoms with E-state index in [4.69, 9.17) is 18.9 Å². The third kappa shape index (κ3) is 4.79. The van der Waals surface area contributed by atoms with E-state index < -0.39 is 21.8 Å². The van der Waals surface area contributed by atoms with Crippen LogP contribution in [0, 0.1) is 0 Å². The minimum absolute atomic E-state index is 0.0109. The zero-order chi connectivity index (χ0) is 24.3. The van der Waals surface area contributed by atoms with Gasteiger partial charge in [0.15, 0.2) is 18.1 Å². The number of methoxy groups -OCH3 is 2. The lowest BCUT2D eigenvalue weighted by molar-refractivity contribution is -0.123. The molecule has 0 radical (unpaired) electrons. The summed E-state index contributed by atoms with van der Waals surface area (Å²) in [5.41, 5.74) is 0.667. The molecule has 4 rings (SSSR count). The molecule has 34 heavy (non-hydrogen) atoms. The van der Waals surface area contributed by atoms with E-state index in [1.807, 2.05) is 0 Å². The van der Waals surface area contributed by atoms with Gasteiger partial charge < -0.3 is 24.3 Å². The second-order valence-electron chi connectivity index (χ2n) is 7.53. The van der Waals surface area contributed by atoms with Crippen molar-refractivity contribution in [3.05, 3.63) is 36.4 Å². The fourth-order valence-corrected chi connectivity index (χ4v) is 5.14. The Bertz CT molecular complexity index is 1190. The first-order chi connectivity index (χ1) is 16.3. The summed E-state index contributed by atoms with van der Waals surface area (Å²) in [4.78, 5) is 26.6. The highest BCUT2D eigenvalue weighted by Gasteiger charge is 2.32. The Kier molecular flexibility index (Phi) is 6.91. The van der Waals surface area contributed by atoms with E-state index in [0.29, 0.717) is 36.1 Å². The monoisotopic (exact) mass is 491 g/mol. The van der Waals surface area contributed by atoms with Crippen molar-refractivity contribution in [2.24, 2.45) is 0 Å². The summed E-state index contributed by atoms with van der Waals surface area (Å²) in [6.45, 7) is 0.526. The lowest BCUT2D eigenvalue weighted by Gasteiger charge is -2.30. The van der Waals surface area contributed by atoms with Crippen LogP contribution in [0.2, 0.25) is 0 Å². The number of sulfonamides is 1. The fourth-order valence-electron chi connectivity index (χ4n) is 3.71. The second kappa shape index (κ2) is 9.87. The van der Waals surface area contributed by atoms with Crippen LogP contribution >= 0.6 is 0 Å². The Morgan fingerprint density at radius 2 is 1.79 bits per heavy atom. The van der Waals surface area contributed by atoms with Crippen molar-refractivity contribution in [3.8, 4) is 17.2 Å². The first-order valence-electron chi connectivity index (χ1n) is 10.5. The van der Waals surface area contributed by atoms with Crippen LogP contribution < -0.4 is 24.4 Å². The molecule has 182 valence electrons. The predicted octanol–water partition coefficient (Wildman–Crippen LogP) is 1.09. The molecule has 1 N–H and O–H groups in total. The standard InChI is InChI=1S/C22H25N3O8S/c1-30-19-5-3-15(11-20(19)31-2)23-21(26)13-25-17-12-16(4-6-18(17)33-14-22(25)27)34(28,29)24-7-9-32-10-8-24/h3-6,11-12H,7-10,13-14H2,1-2H3,(H,23,26). The van der Waals surface area contributed by atoms with Gasteiger partial charge in [0.1, 0.15) is 12.3 Å². The van der Waals surface area contributed by atoms with Crippen LogP contribution in [0.5, 0.6) is 17.2 Å². The molecule has 11 nitrogen and oxygen atoms in total. The molecule has 2 amide bonds. The number of morpholine rings is 1. The van der Waals surface area contributed by atoms with Gasteiger partial charge in [-0.2, -0.15) is 4.31 Å². The molecule has 0 unspecified atom stereocenters. The number of carbonyl (C=O) groups is 2. The number of anilines is 2. The highest BCUT2D eigenvalue weighted by Crippen LogP contribution is 2.35. The molecule has 0 saturated carbocycles. The van der Waals surface area contributed by atoms with Crippen LogP contribution in [0.1, 0.15) is 0 Å². The van der Waals surface area contributed by atoms with Crippen molar-refractivity contribution in [2.45, 2.75) is 4.90 Å². The average Bonchev–Trinajstić information content (AvgIpc) is 2.85. The van der Waals surface area contributed by atoms with Crippen molar-refractivity contribution in [1.29, 1.82) is 0 Å². The number of hydrogen-bond donors (Lipinski definition) is 1. The first kappa shape index (κ1) is 23.8. The molecular formula is C22H25N3O8S. The Morgan fingerprint density at radius 3 is 2.50 bits per heavy atom. The van der Waals surface area contributed by atoms with E-state index in [2.05, 4.69) is 5.32 Å². The molecule has 2 aromatic rings. The zero-order valence-corrected chi connectivity index (χ0v) is 19.6. The van der Waals surface area contributed by atoms with Crippen molar-refractivity contribution in [3.63, 3.8) is 0 Å². The maximum absolute atomic E-state index is 13.1. The van der Waals surface area contributed by atoms with Gasteiger partial charge >= 0.3 is 0 Å². The molecule has 2 heterocycles. The number of nitrogens with one attached hydrogen (secondary N) is 1. The molecule has 1 saturated heterocycles. The summed E-state index contributed by atoms with van der Waals surface area (Å²) in [6.07, 6.45) is 0. The maximum Gasteiger partial charge on any atom is 0.265 e. The SMILES string of the molecule is COc1ccc(NC(=O)CN2C(=O)COc3ccc(S(=O)(=O)N4CCOCC4)cc32)cc1OC. The van der Waals surface area contributed by atoms with E-state index in [1.165, 1.54) is 41.6 Å². The lowest BCUT2D eigenvalue weighted by Crippen LogP contribution is -2.44. The summed E-state index contributed by atoms with van der Waals surface area (Å²) < 4.78 is 48.6. The van der Waals surface area contributed by atoms with Crippen molar-refractivity contribution >= 4 is 33.2 Å². The molecule has 0 aromatic heterocycles. The van der Waals surface area contributed by atoms with Gasteiger partial charge in [0.25, 0.3) is 5.91 Å². The van der Waals surface area contributed by atoms with Gasteiger partial charge in [-0.15, -0.1) is 0 Å². The van der Waals surface area contributed by atoms with Gasteiger partial charge in [-0.05, 0) is 30.3 Å². The van der Waals surface area contributed by atoms with Gasteiger partial charge in [0, 0.05) is 24.8 Å². The molecule has 0 bridgehead atoms. The number of amides is 2. The van der Waals surface area contributed by atoms with Crippen molar-refractivity contribution in [2.75, 3.05) is 63.9 Å². The van der Waals surface area contributed by atoms with Gasteiger partial charge in [-0.25, -0.2) is 8.42 Å². The molecule has 0 aliphatic carbocycles. The van der Waals surface area contributed by atoms with E-state index in [1.54, 1.807) is 18.2 Å². The number of fused-ring (bicyclic) bond motifs is 1. The molecular weight excluding hydrogens is 466 g/mol. The Balaban J connectivity index is 1.56. The number of ether oxygens (including phenoxy) is 4. The second-order valence-corrected chi connectivity index (χ2v) is 9.47. The molecule has 0 atom stereocenters. The molecule has 2 aromatic carbocycles. The lowest BCUT2D eigenvalue weighted by atomic mass is 10.2. The summed E-state index contributed by atoms with van der Waals surface area (Å²) in [7, 11) is -0.808. The fraction of sp³-hybridized carbons (Fsp3) is 0.364.